The van der Waals surface area contributed by atoms with E-state index in [1.165, 1.54) is 0 Å². The van der Waals surface area contributed by atoms with Crippen LogP contribution in [0.25, 0.3) is 0 Å². The Balaban J connectivity index is 2.26. The highest BCUT2D eigenvalue weighted by Crippen LogP contribution is 2.26. The molecule has 2 heterocycles. The highest BCUT2D eigenvalue weighted by Gasteiger charge is 2.23. The summed E-state index contributed by atoms with van der Waals surface area (Å²) in [5.74, 6) is 3.05. The van der Waals surface area contributed by atoms with Gasteiger partial charge in [0.15, 0.2) is 5.82 Å². The number of hydrogen-bond acceptors (Lipinski definition) is 3. The molecule has 0 amide bonds. The van der Waals surface area contributed by atoms with Gasteiger partial charge in [-0.15, -0.1) is 0 Å². The normalized spacial score (nSPS) is 18.2. The summed E-state index contributed by atoms with van der Waals surface area (Å²) in [6, 6.07) is 0.383. The van der Waals surface area contributed by atoms with E-state index >= 15 is 0 Å². The van der Waals surface area contributed by atoms with Crippen LogP contribution in [0.15, 0.2) is 0 Å². The van der Waals surface area contributed by atoms with Crippen LogP contribution in [0, 0.1) is 0 Å². The molecule has 96 valence electrons. The van der Waals surface area contributed by atoms with Crippen LogP contribution in [0.3, 0.4) is 0 Å². The van der Waals surface area contributed by atoms with Gasteiger partial charge in [0, 0.05) is 31.1 Å². The molecule has 1 saturated heterocycles. The third-order valence-electron chi connectivity index (χ3n) is 3.27. The number of rotatable bonds is 3. The second kappa shape index (κ2) is 5.17. The van der Waals surface area contributed by atoms with Gasteiger partial charge < -0.3 is 4.74 Å². The molecule has 4 heteroatoms. The van der Waals surface area contributed by atoms with E-state index in [9.17, 15) is 0 Å². The van der Waals surface area contributed by atoms with Crippen molar-refractivity contribution in [1.29, 1.82) is 0 Å². The summed E-state index contributed by atoms with van der Waals surface area (Å²) >= 11 is 0. The second-order valence-electron chi connectivity index (χ2n) is 5.41. The van der Waals surface area contributed by atoms with Crippen molar-refractivity contribution in [2.24, 2.45) is 0 Å². The number of nitrogens with zero attached hydrogens (tertiary/aromatic N) is 3. The Kier molecular flexibility index (Phi) is 3.82. The minimum absolute atomic E-state index is 0.383. The lowest BCUT2D eigenvalue weighted by Gasteiger charge is -2.19. The zero-order chi connectivity index (χ0) is 12.4. The summed E-state index contributed by atoms with van der Waals surface area (Å²) < 4.78 is 7.47. The lowest BCUT2D eigenvalue weighted by molar-refractivity contribution is 0.0835. The van der Waals surface area contributed by atoms with Crippen molar-refractivity contribution in [3.8, 4) is 0 Å². The molecule has 0 aromatic carbocycles. The molecule has 4 nitrogen and oxygen atoms in total. The Morgan fingerprint density at radius 3 is 2.29 bits per heavy atom. The van der Waals surface area contributed by atoms with Crippen LogP contribution in [0.2, 0.25) is 0 Å². The van der Waals surface area contributed by atoms with E-state index in [4.69, 9.17) is 14.8 Å². The van der Waals surface area contributed by atoms with Crippen LogP contribution in [0.5, 0.6) is 0 Å². The lowest BCUT2D eigenvalue weighted by atomic mass is 10.00. The fourth-order valence-corrected chi connectivity index (χ4v) is 2.25. The van der Waals surface area contributed by atoms with Gasteiger partial charge in [0.05, 0.1) is 0 Å². The fraction of sp³-hybridized carbons (Fsp3) is 0.846. The first-order valence-electron chi connectivity index (χ1n) is 6.63. The molecule has 0 N–H and O–H groups in total. The highest BCUT2D eigenvalue weighted by atomic mass is 16.5. The molecule has 1 aliphatic rings. The average molecular weight is 237 g/mol. The van der Waals surface area contributed by atoms with Crippen molar-refractivity contribution in [2.75, 3.05) is 13.2 Å². The molecule has 1 aliphatic heterocycles. The summed E-state index contributed by atoms with van der Waals surface area (Å²) in [5.41, 5.74) is 0. The molecule has 0 unspecified atom stereocenters. The quantitative estimate of drug-likeness (QED) is 0.811. The van der Waals surface area contributed by atoms with Gasteiger partial charge in [-0.25, -0.2) is 9.67 Å². The molecule has 17 heavy (non-hydrogen) atoms. The fourth-order valence-electron chi connectivity index (χ4n) is 2.25. The topological polar surface area (TPSA) is 39.9 Å². The van der Waals surface area contributed by atoms with Crippen molar-refractivity contribution < 1.29 is 4.74 Å². The van der Waals surface area contributed by atoms with E-state index in [1.807, 2.05) is 0 Å². The Morgan fingerprint density at radius 1 is 1.18 bits per heavy atom. The number of aromatic nitrogens is 3. The molecule has 0 spiro atoms. The van der Waals surface area contributed by atoms with Crippen molar-refractivity contribution in [1.82, 2.24) is 14.8 Å². The Labute approximate surface area is 103 Å². The monoisotopic (exact) mass is 237 g/mol. The van der Waals surface area contributed by atoms with Gasteiger partial charge in [0.25, 0.3) is 0 Å². The number of hydrogen-bond donors (Lipinski definition) is 0. The lowest BCUT2D eigenvalue weighted by Crippen LogP contribution is -2.15. The minimum atomic E-state index is 0.383. The smallest absolute Gasteiger partial charge is 0.154 e. The predicted octanol–water partition coefficient (Wildman–Crippen LogP) is 2.88. The molecule has 0 bridgehead atoms. The van der Waals surface area contributed by atoms with Crippen molar-refractivity contribution in [3.05, 3.63) is 11.6 Å². The largest absolute Gasteiger partial charge is 0.381 e. The zero-order valence-corrected chi connectivity index (χ0v) is 11.3. The molecule has 0 saturated carbocycles. The van der Waals surface area contributed by atoms with E-state index < -0.39 is 0 Å². The van der Waals surface area contributed by atoms with Gasteiger partial charge in [0.2, 0.25) is 0 Å². The van der Waals surface area contributed by atoms with Crippen LogP contribution in [0.1, 0.15) is 70.1 Å². The van der Waals surface area contributed by atoms with Gasteiger partial charge in [-0.1, -0.05) is 13.8 Å². The first kappa shape index (κ1) is 12.6. The van der Waals surface area contributed by atoms with E-state index in [2.05, 4.69) is 32.4 Å². The van der Waals surface area contributed by atoms with Crippen LogP contribution in [0.4, 0.5) is 0 Å². The average Bonchev–Trinajstić information content (AvgIpc) is 2.75. The predicted molar refractivity (Wildman–Crippen MR) is 67.3 cm³/mol. The van der Waals surface area contributed by atoms with E-state index in [0.717, 1.165) is 37.7 Å². The molecule has 0 atom stereocenters. The molecule has 1 fully saturated rings. The van der Waals surface area contributed by atoms with Gasteiger partial charge in [0.1, 0.15) is 5.82 Å². The van der Waals surface area contributed by atoms with Crippen molar-refractivity contribution >= 4 is 0 Å². The maximum atomic E-state index is 5.39. The van der Waals surface area contributed by atoms with Gasteiger partial charge in [-0.3, -0.25) is 0 Å². The van der Waals surface area contributed by atoms with Gasteiger partial charge in [-0.2, -0.15) is 5.10 Å². The van der Waals surface area contributed by atoms with Crippen LogP contribution in [-0.4, -0.2) is 28.0 Å². The summed E-state index contributed by atoms with van der Waals surface area (Å²) in [6.45, 7) is 10.4. The number of ether oxygens (including phenoxy) is 1. The molecular weight excluding hydrogens is 214 g/mol. The molecule has 0 aliphatic carbocycles. The zero-order valence-electron chi connectivity index (χ0n) is 11.3. The SMILES string of the molecule is CC(C)c1nc(C2CCOCC2)nn1C(C)C. The Bertz CT molecular complexity index is 339. The van der Waals surface area contributed by atoms with E-state index in [0.29, 0.717) is 17.9 Å². The molecule has 0 radical (unpaired) electrons. The third-order valence-corrected chi connectivity index (χ3v) is 3.27. The molecule has 1 aromatic rings. The minimum Gasteiger partial charge on any atom is -0.381 e. The standard InChI is InChI=1S/C13H23N3O/c1-9(2)13-14-12(15-16(13)10(3)4)11-5-7-17-8-6-11/h9-11H,5-8H2,1-4H3. The van der Waals surface area contributed by atoms with E-state index in [-0.39, 0.29) is 0 Å². The van der Waals surface area contributed by atoms with Crippen molar-refractivity contribution in [3.63, 3.8) is 0 Å². The Hall–Kier alpha value is -0.900. The molecular formula is C13H23N3O. The third kappa shape index (κ3) is 2.68. The summed E-state index contributed by atoms with van der Waals surface area (Å²) in [4.78, 5) is 4.75. The highest BCUT2D eigenvalue weighted by molar-refractivity contribution is 5.04. The van der Waals surface area contributed by atoms with Crippen LogP contribution < -0.4 is 0 Å². The maximum absolute atomic E-state index is 5.39. The second-order valence-corrected chi connectivity index (χ2v) is 5.41. The van der Waals surface area contributed by atoms with Crippen LogP contribution >= 0.6 is 0 Å². The first-order valence-corrected chi connectivity index (χ1v) is 6.63. The van der Waals surface area contributed by atoms with Gasteiger partial charge in [-0.05, 0) is 26.7 Å². The van der Waals surface area contributed by atoms with Gasteiger partial charge >= 0.3 is 0 Å². The van der Waals surface area contributed by atoms with E-state index in [1.54, 1.807) is 0 Å². The van der Waals surface area contributed by atoms with Crippen molar-refractivity contribution in [2.45, 2.75) is 58.4 Å². The summed E-state index contributed by atoms with van der Waals surface area (Å²) in [7, 11) is 0. The summed E-state index contributed by atoms with van der Waals surface area (Å²) in [5, 5.41) is 4.70. The summed E-state index contributed by atoms with van der Waals surface area (Å²) in [6.07, 6.45) is 2.11. The van der Waals surface area contributed by atoms with Crippen LogP contribution in [-0.2, 0) is 4.74 Å². The molecule has 2 rings (SSSR count). The maximum Gasteiger partial charge on any atom is 0.154 e. The molecule has 1 aromatic heterocycles. The Morgan fingerprint density at radius 2 is 1.82 bits per heavy atom. The first-order chi connectivity index (χ1) is 8.09.